The van der Waals surface area contributed by atoms with E-state index in [1.165, 1.54) is 23.9 Å². The number of anilines is 1. The number of rotatable bonds is 7. The second-order valence-corrected chi connectivity index (χ2v) is 6.88. The number of benzene rings is 1. The summed E-state index contributed by atoms with van der Waals surface area (Å²) in [4.78, 5) is 12.1. The van der Waals surface area contributed by atoms with E-state index in [4.69, 9.17) is 9.26 Å². The largest absolute Gasteiger partial charge is 0.491 e. The van der Waals surface area contributed by atoms with Gasteiger partial charge in [-0.2, -0.15) is 0 Å². The van der Waals surface area contributed by atoms with Crippen molar-refractivity contribution in [3.05, 3.63) is 39.4 Å². The molecule has 0 aliphatic heterocycles. The minimum absolute atomic E-state index is 0.226. The maximum absolute atomic E-state index is 13.6. The molecule has 1 aromatic heterocycles. The van der Waals surface area contributed by atoms with E-state index in [0.29, 0.717) is 28.3 Å². The van der Waals surface area contributed by atoms with E-state index < -0.39 is 5.82 Å². The van der Waals surface area contributed by atoms with Crippen molar-refractivity contribution in [2.24, 2.45) is 0 Å². The van der Waals surface area contributed by atoms with E-state index in [0.717, 1.165) is 17.0 Å². The summed E-state index contributed by atoms with van der Waals surface area (Å²) in [7, 11) is 0. The van der Waals surface area contributed by atoms with Crippen molar-refractivity contribution in [2.75, 3.05) is 17.7 Å². The Morgan fingerprint density at radius 2 is 2.21 bits per heavy atom. The number of carbonyl (C=O) groups is 1. The van der Waals surface area contributed by atoms with Crippen LogP contribution in [0.4, 0.5) is 10.1 Å². The van der Waals surface area contributed by atoms with Crippen LogP contribution >= 0.6 is 27.7 Å². The summed E-state index contributed by atoms with van der Waals surface area (Å²) < 4.78 is 24.6. The Balaban J connectivity index is 1.97. The van der Waals surface area contributed by atoms with E-state index in [-0.39, 0.29) is 11.7 Å². The maximum Gasteiger partial charge on any atom is 0.234 e. The second kappa shape index (κ2) is 8.53. The quantitative estimate of drug-likeness (QED) is 0.721. The highest BCUT2D eigenvalue weighted by Crippen LogP contribution is 2.34. The molecule has 130 valence electrons. The van der Waals surface area contributed by atoms with Gasteiger partial charge in [0.05, 0.1) is 28.2 Å². The van der Waals surface area contributed by atoms with Gasteiger partial charge < -0.3 is 14.6 Å². The van der Waals surface area contributed by atoms with Crippen LogP contribution in [0.5, 0.6) is 5.75 Å². The fraction of sp³-hybridized carbons (Fsp3) is 0.375. The Labute approximate surface area is 152 Å². The van der Waals surface area contributed by atoms with Gasteiger partial charge in [-0.3, -0.25) is 4.79 Å². The maximum atomic E-state index is 13.6. The molecule has 1 aromatic carbocycles. The fourth-order valence-corrected chi connectivity index (χ4v) is 3.61. The molecule has 8 heteroatoms. The van der Waals surface area contributed by atoms with Gasteiger partial charge in [0.1, 0.15) is 11.6 Å². The number of aryl methyl sites for hydroxylation is 2. The molecule has 0 bridgehead atoms. The van der Waals surface area contributed by atoms with Crippen molar-refractivity contribution >= 4 is 39.3 Å². The predicted molar refractivity (Wildman–Crippen MR) is 96.0 cm³/mol. The molecule has 1 N–H and O–H groups in total. The van der Waals surface area contributed by atoms with Gasteiger partial charge in [0, 0.05) is 17.4 Å². The number of aromatic nitrogens is 1. The number of carbonyl (C=O) groups excluding carboxylic acids is 1. The minimum Gasteiger partial charge on any atom is -0.491 e. The van der Waals surface area contributed by atoms with Crippen molar-refractivity contribution in [2.45, 2.75) is 26.5 Å². The summed E-state index contributed by atoms with van der Waals surface area (Å²) in [6.07, 6.45) is 0. The monoisotopic (exact) mass is 416 g/mol. The Hall–Kier alpha value is -1.54. The van der Waals surface area contributed by atoms with Gasteiger partial charge >= 0.3 is 0 Å². The molecule has 0 saturated heterocycles. The first-order chi connectivity index (χ1) is 11.4. The molecule has 0 aliphatic rings. The van der Waals surface area contributed by atoms with Gasteiger partial charge in [0.25, 0.3) is 0 Å². The van der Waals surface area contributed by atoms with Gasteiger partial charge in [0.15, 0.2) is 5.75 Å². The number of amides is 1. The van der Waals surface area contributed by atoms with Crippen LogP contribution in [0.2, 0.25) is 0 Å². The van der Waals surface area contributed by atoms with Crippen LogP contribution < -0.4 is 10.1 Å². The molecule has 1 amide bonds. The number of nitrogens with one attached hydrogen (secondary N) is 1. The summed E-state index contributed by atoms with van der Waals surface area (Å²) in [6, 6.07) is 2.54. The fourth-order valence-electron chi connectivity index (χ4n) is 2.08. The molecular formula is C16H18BrFN2O3S. The van der Waals surface area contributed by atoms with E-state index in [9.17, 15) is 9.18 Å². The normalized spacial score (nSPS) is 10.7. The Morgan fingerprint density at radius 3 is 2.83 bits per heavy atom. The lowest BCUT2D eigenvalue weighted by Gasteiger charge is -2.13. The number of ether oxygens (including phenoxy) is 1. The number of halogens is 2. The topological polar surface area (TPSA) is 64.4 Å². The van der Waals surface area contributed by atoms with Crippen LogP contribution in [0, 0.1) is 19.7 Å². The second-order valence-electron chi connectivity index (χ2n) is 5.04. The molecule has 2 aromatic rings. The van der Waals surface area contributed by atoms with Crippen molar-refractivity contribution in [1.29, 1.82) is 0 Å². The summed E-state index contributed by atoms with van der Waals surface area (Å²) in [6.45, 7) is 5.94. The molecule has 0 unspecified atom stereocenters. The summed E-state index contributed by atoms with van der Waals surface area (Å²) in [5, 5.41) is 6.57. The van der Waals surface area contributed by atoms with Gasteiger partial charge in [0.2, 0.25) is 5.91 Å². The molecule has 0 atom stereocenters. The first-order valence-corrected chi connectivity index (χ1v) is 9.28. The third-order valence-corrected chi connectivity index (χ3v) is 4.78. The van der Waals surface area contributed by atoms with Crippen LogP contribution in [-0.4, -0.2) is 23.4 Å². The van der Waals surface area contributed by atoms with E-state index in [1.807, 2.05) is 20.8 Å². The third kappa shape index (κ3) is 4.73. The van der Waals surface area contributed by atoms with Crippen LogP contribution in [-0.2, 0) is 10.5 Å². The van der Waals surface area contributed by atoms with E-state index in [1.54, 1.807) is 0 Å². The van der Waals surface area contributed by atoms with Crippen LogP contribution in [0.3, 0.4) is 0 Å². The van der Waals surface area contributed by atoms with Crippen molar-refractivity contribution in [1.82, 2.24) is 5.16 Å². The summed E-state index contributed by atoms with van der Waals surface area (Å²) in [5.41, 5.74) is 2.14. The molecule has 1 heterocycles. The van der Waals surface area contributed by atoms with Gasteiger partial charge in [-0.1, -0.05) is 5.16 Å². The molecule has 0 fully saturated rings. The zero-order valence-corrected chi connectivity index (χ0v) is 16.0. The first-order valence-electron chi connectivity index (χ1n) is 7.33. The molecular weight excluding hydrogens is 399 g/mol. The average Bonchev–Trinajstić information content (AvgIpc) is 2.82. The first kappa shape index (κ1) is 18.8. The molecule has 0 aliphatic carbocycles. The summed E-state index contributed by atoms with van der Waals surface area (Å²) >= 11 is 4.68. The Bertz CT molecular complexity index is 717. The van der Waals surface area contributed by atoms with Crippen LogP contribution in [0.25, 0.3) is 0 Å². The van der Waals surface area contributed by atoms with Gasteiger partial charge in [-0.25, -0.2) is 4.39 Å². The minimum atomic E-state index is -0.455. The SMILES string of the molecule is CCOc1c(Br)cc(F)cc1NC(=O)CSCc1c(C)noc1C. The highest BCUT2D eigenvalue weighted by molar-refractivity contribution is 9.10. The molecule has 0 spiro atoms. The molecule has 0 saturated carbocycles. The highest BCUT2D eigenvalue weighted by Gasteiger charge is 2.14. The zero-order chi connectivity index (χ0) is 17.7. The lowest BCUT2D eigenvalue weighted by molar-refractivity contribution is -0.113. The average molecular weight is 417 g/mol. The van der Waals surface area contributed by atoms with Gasteiger partial charge in [-0.15, -0.1) is 11.8 Å². The predicted octanol–water partition coefficient (Wildman–Crippen LogP) is 4.46. The van der Waals surface area contributed by atoms with Crippen molar-refractivity contribution < 1.29 is 18.4 Å². The zero-order valence-electron chi connectivity index (χ0n) is 13.6. The number of thioether (sulfide) groups is 1. The highest BCUT2D eigenvalue weighted by atomic mass is 79.9. The summed E-state index contributed by atoms with van der Waals surface area (Å²) in [5.74, 6) is 1.34. The number of nitrogens with zero attached hydrogens (tertiary/aromatic N) is 1. The standard InChI is InChI=1S/C16H18BrFN2O3S/c1-4-22-16-13(17)5-11(18)6-14(16)19-15(21)8-24-7-12-9(2)20-23-10(12)3/h5-6H,4,7-8H2,1-3H3,(H,19,21). The van der Waals surface area contributed by atoms with Crippen molar-refractivity contribution in [3.8, 4) is 5.75 Å². The van der Waals surface area contributed by atoms with Crippen LogP contribution in [0.15, 0.2) is 21.1 Å². The lowest BCUT2D eigenvalue weighted by atomic mass is 10.2. The number of hydrogen-bond donors (Lipinski definition) is 1. The lowest BCUT2D eigenvalue weighted by Crippen LogP contribution is -2.15. The van der Waals surface area contributed by atoms with E-state index >= 15 is 0 Å². The van der Waals surface area contributed by atoms with Gasteiger partial charge in [-0.05, 0) is 42.8 Å². The smallest absolute Gasteiger partial charge is 0.234 e. The van der Waals surface area contributed by atoms with E-state index in [2.05, 4.69) is 26.4 Å². The third-order valence-electron chi connectivity index (χ3n) is 3.23. The van der Waals surface area contributed by atoms with Crippen LogP contribution in [0.1, 0.15) is 23.9 Å². The number of hydrogen-bond acceptors (Lipinski definition) is 5. The molecule has 24 heavy (non-hydrogen) atoms. The van der Waals surface area contributed by atoms with Crippen molar-refractivity contribution in [3.63, 3.8) is 0 Å². The Kier molecular flexibility index (Phi) is 6.68. The Morgan fingerprint density at radius 1 is 1.46 bits per heavy atom. The molecule has 5 nitrogen and oxygen atoms in total. The molecule has 0 radical (unpaired) electrons. The molecule has 2 rings (SSSR count).